The van der Waals surface area contributed by atoms with Crippen LogP contribution in [0, 0.1) is 11.6 Å². The highest BCUT2D eigenvalue weighted by atomic mass is 19.2. The van der Waals surface area contributed by atoms with Gasteiger partial charge in [-0.15, -0.1) is 0 Å². The van der Waals surface area contributed by atoms with Gasteiger partial charge in [0.05, 0.1) is 5.54 Å². The Morgan fingerprint density at radius 1 is 1.10 bits per heavy atom. The van der Waals surface area contributed by atoms with Gasteiger partial charge in [0.2, 0.25) is 5.88 Å². The van der Waals surface area contributed by atoms with E-state index >= 15 is 4.39 Å². The van der Waals surface area contributed by atoms with E-state index in [1.165, 1.54) is 18.2 Å². The molecule has 6 heterocycles. The molecule has 8 nitrogen and oxygen atoms in total. The summed E-state index contributed by atoms with van der Waals surface area (Å²) in [7, 11) is 0. The van der Waals surface area contributed by atoms with Gasteiger partial charge in [-0.2, -0.15) is 15.2 Å². The number of anilines is 1. The molecule has 0 radical (unpaired) electrons. The fraction of sp³-hybridized carbons (Fsp3) is 0.516. The quantitative estimate of drug-likeness (QED) is 0.402. The number of benzene rings is 2. The summed E-state index contributed by atoms with van der Waals surface area (Å²) in [6.07, 6.45) is 3.96. The van der Waals surface area contributed by atoms with Crippen molar-refractivity contribution < 1.29 is 23.0 Å². The number of piperazine rings is 1. The van der Waals surface area contributed by atoms with Crippen molar-refractivity contribution in [2.24, 2.45) is 10.2 Å². The minimum atomic E-state index is -0.948. The molecule has 5 aliphatic heterocycles. The van der Waals surface area contributed by atoms with E-state index in [2.05, 4.69) is 25.3 Å². The molecule has 2 N–H and O–H groups in total. The molecule has 0 amide bonds. The van der Waals surface area contributed by atoms with Crippen molar-refractivity contribution in [2.45, 2.75) is 68.4 Å². The third-order valence-electron chi connectivity index (χ3n) is 9.89. The fourth-order valence-electron chi connectivity index (χ4n) is 7.97. The number of phenols is 1. The van der Waals surface area contributed by atoms with Crippen molar-refractivity contribution in [1.29, 1.82) is 0 Å². The Balaban J connectivity index is 1.16. The van der Waals surface area contributed by atoms with Gasteiger partial charge >= 0.3 is 0 Å². The number of nitrogens with one attached hydrogen (secondary N) is 1. The van der Waals surface area contributed by atoms with Crippen LogP contribution in [0.15, 0.2) is 40.6 Å². The number of alkyl halides is 1. The van der Waals surface area contributed by atoms with Crippen molar-refractivity contribution in [1.82, 2.24) is 15.2 Å². The van der Waals surface area contributed by atoms with E-state index in [9.17, 15) is 13.9 Å². The predicted octanol–water partition coefficient (Wildman–Crippen LogP) is 5.50. The average molecular weight is 579 g/mol. The summed E-state index contributed by atoms with van der Waals surface area (Å²) in [6, 6.07) is 7.52. The van der Waals surface area contributed by atoms with E-state index in [1.54, 1.807) is 0 Å². The second kappa shape index (κ2) is 9.80. The minimum absolute atomic E-state index is 0.0301. The van der Waals surface area contributed by atoms with Crippen LogP contribution in [0.4, 0.5) is 24.7 Å². The highest BCUT2D eigenvalue weighted by Crippen LogP contribution is 2.47. The van der Waals surface area contributed by atoms with Gasteiger partial charge in [0.15, 0.2) is 17.5 Å². The Kier molecular flexibility index (Phi) is 6.12. The molecular weight excluding hydrogens is 545 g/mol. The monoisotopic (exact) mass is 578 g/mol. The van der Waals surface area contributed by atoms with E-state index in [4.69, 9.17) is 9.72 Å². The van der Waals surface area contributed by atoms with Crippen LogP contribution in [0.2, 0.25) is 0 Å². The lowest BCUT2D eigenvalue weighted by Crippen LogP contribution is -2.51. The lowest BCUT2D eigenvalue weighted by atomic mass is 9.94. The summed E-state index contributed by atoms with van der Waals surface area (Å²) in [5.41, 5.74) is 1.59. The van der Waals surface area contributed by atoms with Crippen LogP contribution in [-0.4, -0.2) is 71.6 Å². The molecule has 0 aliphatic carbocycles. The first-order chi connectivity index (χ1) is 20.3. The SMILES string of the molecule is Oc1cc(CC2N=Nc3c2cc(OC[C@@]24CCCN2C[C@H](F)C4)nc3N2CC3CCC(C2)N3)c2c(F)c(F)ccc2c1. The van der Waals surface area contributed by atoms with Crippen LogP contribution < -0.4 is 15.0 Å². The summed E-state index contributed by atoms with van der Waals surface area (Å²) >= 11 is 0. The first kappa shape index (κ1) is 26.2. The zero-order valence-corrected chi connectivity index (χ0v) is 23.2. The minimum Gasteiger partial charge on any atom is -0.508 e. The maximum atomic E-state index is 15.0. The number of aromatic hydroxyl groups is 1. The topological polar surface area (TPSA) is 85.6 Å². The highest BCUT2D eigenvalue weighted by Gasteiger charge is 2.49. The Labute approximate surface area is 241 Å². The maximum Gasteiger partial charge on any atom is 0.215 e. The van der Waals surface area contributed by atoms with Crippen molar-refractivity contribution in [2.75, 3.05) is 37.7 Å². The van der Waals surface area contributed by atoms with Crippen LogP contribution in [0.1, 0.15) is 49.3 Å². The van der Waals surface area contributed by atoms with Crippen molar-refractivity contribution in [3.63, 3.8) is 0 Å². The van der Waals surface area contributed by atoms with Gasteiger partial charge in [0.25, 0.3) is 0 Å². The normalized spacial score (nSPS) is 29.9. The molecule has 8 rings (SSSR count). The maximum absolute atomic E-state index is 15.0. The molecule has 4 fully saturated rings. The summed E-state index contributed by atoms with van der Waals surface area (Å²) in [6.45, 7) is 3.27. The molecule has 0 spiro atoms. The number of nitrogens with zero attached hydrogens (tertiary/aromatic N) is 5. The molecule has 3 aromatic rings. The van der Waals surface area contributed by atoms with Crippen molar-refractivity contribution in [3.8, 4) is 11.6 Å². The smallest absolute Gasteiger partial charge is 0.215 e. The van der Waals surface area contributed by atoms with Crippen LogP contribution >= 0.6 is 0 Å². The second-order valence-electron chi connectivity index (χ2n) is 12.6. The molecule has 42 heavy (non-hydrogen) atoms. The number of rotatable bonds is 6. The summed E-state index contributed by atoms with van der Waals surface area (Å²) in [4.78, 5) is 9.41. The molecule has 5 aliphatic rings. The van der Waals surface area contributed by atoms with Crippen molar-refractivity contribution >= 4 is 22.3 Å². The number of pyridine rings is 1. The third kappa shape index (κ3) is 4.31. The molecule has 4 saturated heterocycles. The fourth-order valence-corrected chi connectivity index (χ4v) is 7.97. The lowest BCUT2D eigenvalue weighted by Gasteiger charge is -2.35. The lowest BCUT2D eigenvalue weighted by molar-refractivity contribution is 0.110. The van der Waals surface area contributed by atoms with Gasteiger partial charge < -0.3 is 20.1 Å². The second-order valence-corrected chi connectivity index (χ2v) is 12.6. The number of azo groups is 1. The van der Waals surface area contributed by atoms with Gasteiger partial charge in [0.1, 0.15) is 30.3 Å². The Morgan fingerprint density at radius 2 is 1.93 bits per heavy atom. The molecule has 0 saturated carbocycles. The predicted molar refractivity (Wildman–Crippen MR) is 151 cm³/mol. The molecule has 2 bridgehead atoms. The van der Waals surface area contributed by atoms with Crippen LogP contribution in [0.25, 0.3) is 10.8 Å². The molecule has 5 atom stereocenters. The Hall–Kier alpha value is -3.44. The Bertz CT molecular complexity index is 1590. The van der Waals surface area contributed by atoms with E-state index in [0.717, 1.165) is 56.9 Å². The summed E-state index contributed by atoms with van der Waals surface area (Å²) < 4.78 is 50.1. The largest absolute Gasteiger partial charge is 0.508 e. The van der Waals surface area contributed by atoms with Gasteiger partial charge in [-0.05, 0) is 61.4 Å². The standard InChI is InChI=1S/C31H33F3N6O2/c32-19-12-31(6-1-7-40(31)13-19)16-42-26-11-23-25(10-18-9-22(41)8-17-2-5-24(33)28(34)27(17)18)37-38-29(23)30(36-26)39-14-20-3-4-21(15-39)35-20/h2,5,8-9,11,19-21,25,35,41H,1,3-4,6-7,10,12-16H2/t19-,20?,21?,25?,31+/m1/s1. The summed E-state index contributed by atoms with van der Waals surface area (Å²) in [5.74, 6) is -0.774. The third-order valence-corrected chi connectivity index (χ3v) is 9.89. The van der Waals surface area contributed by atoms with Gasteiger partial charge in [0, 0.05) is 61.6 Å². The van der Waals surface area contributed by atoms with Crippen LogP contribution in [0.5, 0.6) is 11.6 Å². The van der Waals surface area contributed by atoms with Crippen LogP contribution in [0.3, 0.4) is 0 Å². The highest BCUT2D eigenvalue weighted by molar-refractivity contribution is 5.88. The molecule has 3 unspecified atom stereocenters. The number of fused-ring (bicyclic) bond motifs is 5. The molecular formula is C31H33F3N6O2. The molecule has 220 valence electrons. The number of ether oxygens (including phenoxy) is 1. The average Bonchev–Trinajstić information content (AvgIpc) is 3.71. The van der Waals surface area contributed by atoms with Gasteiger partial charge in [-0.1, -0.05) is 6.07 Å². The van der Waals surface area contributed by atoms with E-state index in [0.29, 0.717) is 60.0 Å². The number of aromatic nitrogens is 1. The van der Waals surface area contributed by atoms with Gasteiger partial charge in [-0.3, -0.25) is 4.90 Å². The van der Waals surface area contributed by atoms with Crippen LogP contribution in [-0.2, 0) is 6.42 Å². The van der Waals surface area contributed by atoms with E-state index in [1.807, 2.05) is 6.07 Å². The summed E-state index contributed by atoms with van der Waals surface area (Å²) in [5, 5.41) is 23.7. The number of hydrogen-bond donors (Lipinski definition) is 2. The number of hydrogen-bond acceptors (Lipinski definition) is 8. The first-order valence-electron chi connectivity index (χ1n) is 14.9. The van der Waals surface area contributed by atoms with E-state index in [-0.39, 0.29) is 23.1 Å². The first-order valence-corrected chi connectivity index (χ1v) is 14.9. The number of halogens is 3. The zero-order chi connectivity index (χ0) is 28.6. The molecule has 11 heteroatoms. The zero-order valence-electron chi connectivity index (χ0n) is 23.2. The van der Waals surface area contributed by atoms with E-state index < -0.39 is 23.8 Å². The van der Waals surface area contributed by atoms with Gasteiger partial charge in [-0.25, -0.2) is 13.2 Å². The molecule has 1 aromatic heterocycles. The Morgan fingerprint density at radius 3 is 2.76 bits per heavy atom. The molecule has 2 aromatic carbocycles. The van der Waals surface area contributed by atoms with Crippen molar-refractivity contribution in [3.05, 3.63) is 53.1 Å². The number of phenolic OH excluding ortho intramolecular Hbond substituents is 1.